The van der Waals surface area contributed by atoms with E-state index in [-0.39, 0.29) is 5.69 Å². The fraction of sp³-hybridized carbons (Fsp3) is 0.250. The first-order valence-corrected chi connectivity index (χ1v) is 7.01. The highest BCUT2D eigenvalue weighted by molar-refractivity contribution is 7.09. The zero-order valence-corrected chi connectivity index (χ0v) is 11.8. The summed E-state index contributed by atoms with van der Waals surface area (Å²) in [4.78, 5) is 23.0. The normalized spacial score (nSPS) is 10.9. The van der Waals surface area contributed by atoms with Crippen LogP contribution in [0, 0.1) is 6.92 Å². The third-order valence-corrected chi connectivity index (χ3v) is 3.75. The van der Waals surface area contributed by atoms with Crippen molar-refractivity contribution in [2.75, 3.05) is 11.9 Å². The summed E-state index contributed by atoms with van der Waals surface area (Å²) in [6, 6.07) is 0. The number of anilines is 1. The molecule has 0 aliphatic rings. The van der Waals surface area contributed by atoms with Gasteiger partial charge in [0.15, 0.2) is 5.69 Å². The fourth-order valence-electron chi connectivity index (χ4n) is 1.87. The number of aromatic carboxylic acids is 1. The number of thiazole rings is 1. The number of nitrogens with zero attached hydrogens (tertiary/aromatic N) is 4. The maximum Gasteiger partial charge on any atom is 0.355 e. The third kappa shape index (κ3) is 2.68. The largest absolute Gasteiger partial charge is 0.476 e. The van der Waals surface area contributed by atoms with Gasteiger partial charge in [0, 0.05) is 18.3 Å². The number of hydrogen-bond acceptors (Lipinski definition) is 8. The van der Waals surface area contributed by atoms with Gasteiger partial charge < -0.3 is 14.9 Å². The van der Waals surface area contributed by atoms with Crippen LogP contribution >= 0.6 is 11.3 Å². The number of hydrogen-bond donors (Lipinski definition) is 2. The fourth-order valence-corrected chi connectivity index (χ4v) is 2.64. The van der Waals surface area contributed by atoms with Crippen molar-refractivity contribution >= 4 is 34.2 Å². The van der Waals surface area contributed by atoms with E-state index < -0.39 is 5.97 Å². The molecule has 3 aromatic rings. The van der Waals surface area contributed by atoms with Crippen LogP contribution in [0.25, 0.3) is 11.1 Å². The van der Waals surface area contributed by atoms with Crippen molar-refractivity contribution in [3.8, 4) is 0 Å². The molecular weight excluding hydrogens is 294 g/mol. The highest BCUT2D eigenvalue weighted by Crippen LogP contribution is 2.22. The standard InChI is InChI=1S/C12H11N5O3S/c1-6-9-10(14-5-15-11(9)20-17-6)13-3-2-8-16-7(4-21-8)12(18)19/h4-5H,2-3H2,1H3,(H,18,19)(H,13,14,15). The lowest BCUT2D eigenvalue weighted by Crippen LogP contribution is -2.07. The van der Waals surface area contributed by atoms with Crippen molar-refractivity contribution in [2.45, 2.75) is 13.3 Å². The molecule has 3 aromatic heterocycles. The maximum absolute atomic E-state index is 10.8. The Balaban J connectivity index is 1.69. The number of aryl methyl sites for hydroxylation is 1. The lowest BCUT2D eigenvalue weighted by atomic mass is 10.3. The lowest BCUT2D eigenvalue weighted by Gasteiger charge is -2.04. The number of nitrogens with one attached hydrogen (secondary N) is 1. The van der Waals surface area contributed by atoms with E-state index in [2.05, 4.69) is 25.4 Å². The quantitative estimate of drug-likeness (QED) is 0.732. The van der Waals surface area contributed by atoms with Gasteiger partial charge in [-0.3, -0.25) is 0 Å². The number of rotatable bonds is 5. The van der Waals surface area contributed by atoms with E-state index in [4.69, 9.17) is 9.63 Å². The van der Waals surface area contributed by atoms with E-state index in [1.165, 1.54) is 23.0 Å². The summed E-state index contributed by atoms with van der Waals surface area (Å²) in [5, 5.41) is 18.9. The summed E-state index contributed by atoms with van der Waals surface area (Å²) in [7, 11) is 0. The van der Waals surface area contributed by atoms with Crippen molar-refractivity contribution in [3.05, 3.63) is 28.1 Å². The van der Waals surface area contributed by atoms with Crippen LogP contribution in [0.2, 0.25) is 0 Å². The van der Waals surface area contributed by atoms with Crippen molar-refractivity contribution in [1.29, 1.82) is 0 Å². The summed E-state index contributed by atoms with van der Waals surface area (Å²) in [6.45, 7) is 2.39. The van der Waals surface area contributed by atoms with Crippen LogP contribution in [0.15, 0.2) is 16.2 Å². The predicted molar refractivity (Wildman–Crippen MR) is 75.6 cm³/mol. The monoisotopic (exact) mass is 305 g/mol. The Bertz CT molecular complexity index is 797. The van der Waals surface area contributed by atoms with Crippen LogP contribution in [-0.4, -0.2) is 37.7 Å². The number of carboxylic acids is 1. The van der Waals surface area contributed by atoms with Gasteiger partial charge in [0.05, 0.1) is 10.7 Å². The zero-order valence-electron chi connectivity index (χ0n) is 11.0. The smallest absolute Gasteiger partial charge is 0.355 e. The molecule has 9 heteroatoms. The summed E-state index contributed by atoms with van der Waals surface area (Å²) in [6.07, 6.45) is 2.01. The Morgan fingerprint density at radius 1 is 1.48 bits per heavy atom. The van der Waals surface area contributed by atoms with E-state index in [1.54, 1.807) is 0 Å². The third-order valence-electron chi connectivity index (χ3n) is 2.85. The molecule has 0 amide bonds. The minimum absolute atomic E-state index is 0.0781. The highest BCUT2D eigenvalue weighted by Gasteiger charge is 2.12. The molecule has 0 spiro atoms. The van der Waals surface area contributed by atoms with Crippen molar-refractivity contribution in [1.82, 2.24) is 20.1 Å². The number of carboxylic acid groups (broad SMARTS) is 1. The lowest BCUT2D eigenvalue weighted by molar-refractivity contribution is 0.0691. The molecule has 8 nitrogen and oxygen atoms in total. The second-order valence-corrected chi connectivity index (χ2v) is 5.22. The molecule has 2 N–H and O–H groups in total. The van der Waals surface area contributed by atoms with Crippen LogP contribution < -0.4 is 5.32 Å². The molecule has 3 heterocycles. The highest BCUT2D eigenvalue weighted by atomic mass is 32.1. The minimum atomic E-state index is -1.01. The molecular formula is C12H11N5O3S. The number of fused-ring (bicyclic) bond motifs is 1. The van der Waals surface area contributed by atoms with E-state index in [0.29, 0.717) is 24.5 Å². The molecule has 0 saturated carbocycles. The summed E-state index contributed by atoms with van der Waals surface area (Å²) in [5.74, 6) is -0.364. The molecule has 0 aromatic carbocycles. The predicted octanol–water partition coefficient (Wildman–Crippen LogP) is 1.74. The van der Waals surface area contributed by atoms with Gasteiger partial charge in [-0.25, -0.2) is 14.8 Å². The first-order chi connectivity index (χ1) is 10.1. The van der Waals surface area contributed by atoms with Gasteiger partial charge in [0.2, 0.25) is 0 Å². The van der Waals surface area contributed by atoms with Gasteiger partial charge >= 0.3 is 5.97 Å². The average molecular weight is 305 g/mol. The SMILES string of the molecule is Cc1noc2ncnc(NCCc3nc(C(=O)O)cs3)c12. The second-order valence-electron chi connectivity index (χ2n) is 4.28. The molecule has 21 heavy (non-hydrogen) atoms. The van der Waals surface area contributed by atoms with E-state index >= 15 is 0 Å². The Kier molecular flexibility index (Phi) is 3.48. The molecule has 0 radical (unpaired) electrons. The van der Waals surface area contributed by atoms with Crippen LogP contribution in [-0.2, 0) is 6.42 Å². The molecule has 0 aliphatic heterocycles. The van der Waals surface area contributed by atoms with E-state index in [0.717, 1.165) is 16.1 Å². The molecule has 0 unspecified atom stereocenters. The zero-order chi connectivity index (χ0) is 14.8. The first kappa shape index (κ1) is 13.4. The molecule has 0 bridgehead atoms. The van der Waals surface area contributed by atoms with E-state index in [1.807, 2.05) is 6.92 Å². The van der Waals surface area contributed by atoms with Gasteiger partial charge in [-0.15, -0.1) is 11.3 Å². The Labute approximate surface area is 122 Å². The van der Waals surface area contributed by atoms with Crippen LogP contribution in [0.4, 0.5) is 5.82 Å². The summed E-state index contributed by atoms with van der Waals surface area (Å²) < 4.78 is 5.07. The maximum atomic E-state index is 10.8. The Morgan fingerprint density at radius 3 is 3.10 bits per heavy atom. The van der Waals surface area contributed by atoms with Gasteiger partial charge in [-0.05, 0) is 6.92 Å². The van der Waals surface area contributed by atoms with E-state index in [9.17, 15) is 4.79 Å². The van der Waals surface area contributed by atoms with Gasteiger partial charge in [-0.1, -0.05) is 5.16 Å². The van der Waals surface area contributed by atoms with Crippen molar-refractivity contribution in [3.63, 3.8) is 0 Å². The second kappa shape index (κ2) is 5.44. The molecule has 3 rings (SSSR count). The molecule has 0 atom stereocenters. The molecule has 0 saturated heterocycles. The Morgan fingerprint density at radius 2 is 2.33 bits per heavy atom. The molecule has 0 fully saturated rings. The first-order valence-electron chi connectivity index (χ1n) is 6.13. The number of carbonyl (C=O) groups is 1. The topological polar surface area (TPSA) is 114 Å². The van der Waals surface area contributed by atoms with Crippen LogP contribution in [0.3, 0.4) is 0 Å². The van der Waals surface area contributed by atoms with Crippen molar-refractivity contribution < 1.29 is 14.4 Å². The minimum Gasteiger partial charge on any atom is -0.476 e. The summed E-state index contributed by atoms with van der Waals surface area (Å²) >= 11 is 1.33. The summed E-state index contributed by atoms with van der Waals surface area (Å²) in [5.41, 5.74) is 1.23. The molecule has 108 valence electrons. The average Bonchev–Trinajstić information content (AvgIpc) is 3.07. The number of aromatic nitrogens is 4. The van der Waals surface area contributed by atoms with Crippen LogP contribution in [0.1, 0.15) is 21.2 Å². The van der Waals surface area contributed by atoms with Gasteiger partial charge in [-0.2, -0.15) is 4.98 Å². The van der Waals surface area contributed by atoms with Gasteiger partial charge in [0.1, 0.15) is 17.5 Å². The van der Waals surface area contributed by atoms with Crippen molar-refractivity contribution in [2.24, 2.45) is 0 Å². The van der Waals surface area contributed by atoms with Gasteiger partial charge in [0.25, 0.3) is 5.71 Å². The Hall–Kier alpha value is -2.55. The van der Waals surface area contributed by atoms with Crippen LogP contribution in [0.5, 0.6) is 0 Å². The molecule has 0 aliphatic carbocycles.